The van der Waals surface area contributed by atoms with Crippen LogP contribution in [-0.2, 0) is 0 Å². The predicted octanol–water partition coefficient (Wildman–Crippen LogP) is 3.51. The van der Waals surface area contributed by atoms with E-state index in [0.29, 0.717) is 16.9 Å². The lowest BCUT2D eigenvalue weighted by Crippen LogP contribution is -2.02. The molecule has 2 aromatic heterocycles. The first-order valence-electron chi connectivity index (χ1n) is 6.32. The number of ketones is 1. The van der Waals surface area contributed by atoms with E-state index in [1.165, 1.54) is 6.20 Å². The lowest BCUT2D eigenvalue weighted by molar-refractivity contribution is 0.101. The standard InChI is InChI=1S/C16H12FNO3/c1-9-13-4-3-12(20-2)6-14(13)21-16(9)15(19)10-5-11(17)8-18-7-10/h3-8H,1-2H3. The van der Waals surface area contributed by atoms with Gasteiger partial charge in [0.25, 0.3) is 0 Å². The SMILES string of the molecule is COc1ccc2c(C)c(C(=O)c3cncc(F)c3)oc2c1. The lowest BCUT2D eigenvalue weighted by atomic mass is 10.1. The third-order valence-electron chi connectivity index (χ3n) is 3.32. The van der Waals surface area contributed by atoms with Crippen LogP contribution in [0.25, 0.3) is 11.0 Å². The summed E-state index contributed by atoms with van der Waals surface area (Å²) < 4.78 is 23.9. The number of aromatic nitrogens is 1. The summed E-state index contributed by atoms with van der Waals surface area (Å²) in [6.07, 6.45) is 2.37. The van der Waals surface area contributed by atoms with Gasteiger partial charge in [0.15, 0.2) is 5.76 Å². The predicted molar refractivity (Wildman–Crippen MR) is 75.1 cm³/mol. The summed E-state index contributed by atoms with van der Waals surface area (Å²) in [5, 5.41) is 0.823. The molecule has 0 N–H and O–H groups in total. The summed E-state index contributed by atoms with van der Waals surface area (Å²) >= 11 is 0. The highest BCUT2D eigenvalue weighted by Crippen LogP contribution is 2.29. The second-order valence-electron chi connectivity index (χ2n) is 4.64. The minimum Gasteiger partial charge on any atom is -0.497 e. The van der Waals surface area contributed by atoms with Gasteiger partial charge >= 0.3 is 0 Å². The Morgan fingerprint density at radius 3 is 2.81 bits per heavy atom. The maximum absolute atomic E-state index is 13.2. The molecular formula is C16H12FNO3. The molecule has 0 aliphatic heterocycles. The Bertz CT molecular complexity index is 839. The minimum atomic E-state index is -0.559. The van der Waals surface area contributed by atoms with Gasteiger partial charge in [-0.15, -0.1) is 0 Å². The molecule has 1 aromatic carbocycles. The molecule has 0 aliphatic rings. The number of carbonyl (C=O) groups excluding carboxylic acids is 1. The summed E-state index contributed by atoms with van der Waals surface area (Å²) in [5.74, 6) is -0.126. The van der Waals surface area contributed by atoms with Crippen molar-refractivity contribution in [2.24, 2.45) is 0 Å². The van der Waals surface area contributed by atoms with E-state index in [0.717, 1.165) is 17.6 Å². The molecule has 0 amide bonds. The maximum atomic E-state index is 13.2. The molecule has 4 nitrogen and oxygen atoms in total. The Morgan fingerprint density at radius 2 is 2.10 bits per heavy atom. The average molecular weight is 285 g/mol. The normalized spacial score (nSPS) is 10.8. The number of halogens is 1. The number of ether oxygens (including phenoxy) is 1. The molecule has 0 spiro atoms. The second-order valence-corrected chi connectivity index (χ2v) is 4.64. The van der Waals surface area contributed by atoms with Gasteiger partial charge in [-0.1, -0.05) is 0 Å². The first kappa shape index (κ1) is 13.3. The van der Waals surface area contributed by atoms with Crippen LogP contribution in [0.5, 0.6) is 5.75 Å². The molecule has 0 unspecified atom stereocenters. The van der Waals surface area contributed by atoms with Gasteiger partial charge in [-0.2, -0.15) is 0 Å². The summed E-state index contributed by atoms with van der Waals surface area (Å²) in [6, 6.07) is 6.47. The van der Waals surface area contributed by atoms with Crippen LogP contribution < -0.4 is 4.74 Å². The quantitative estimate of drug-likeness (QED) is 0.691. The summed E-state index contributed by atoms with van der Waals surface area (Å²) in [4.78, 5) is 16.1. The van der Waals surface area contributed by atoms with Crippen molar-refractivity contribution in [3.05, 3.63) is 59.4 Å². The number of hydrogen-bond acceptors (Lipinski definition) is 4. The molecule has 0 saturated heterocycles. The highest BCUT2D eigenvalue weighted by Gasteiger charge is 2.20. The minimum absolute atomic E-state index is 0.157. The number of rotatable bonds is 3. The van der Waals surface area contributed by atoms with Crippen LogP contribution in [0.1, 0.15) is 21.7 Å². The molecule has 0 fully saturated rings. The van der Waals surface area contributed by atoms with Gasteiger partial charge in [0.2, 0.25) is 5.78 Å². The van der Waals surface area contributed by atoms with Crippen molar-refractivity contribution >= 4 is 16.8 Å². The molecular weight excluding hydrogens is 273 g/mol. The molecule has 2 heterocycles. The Balaban J connectivity index is 2.12. The van der Waals surface area contributed by atoms with E-state index in [-0.39, 0.29) is 11.3 Å². The topological polar surface area (TPSA) is 52.3 Å². The third kappa shape index (κ3) is 2.27. The molecule has 3 rings (SSSR count). The fraction of sp³-hybridized carbons (Fsp3) is 0.125. The van der Waals surface area contributed by atoms with Crippen LogP contribution in [0.3, 0.4) is 0 Å². The first-order chi connectivity index (χ1) is 10.1. The second kappa shape index (κ2) is 5.01. The summed E-state index contributed by atoms with van der Waals surface area (Å²) in [6.45, 7) is 1.79. The van der Waals surface area contributed by atoms with Crippen LogP contribution in [0, 0.1) is 12.7 Å². The number of furan rings is 1. The van der Waals surface area contributed by atoms with Crippen molar-refractivity contribution in [3.63, 3.8) is 0 Å². The Hall–Kier alpha value is -2.69. The first-order valence-corrected chi connectivity index (χ1v) is 6.32. The van der Waals surface area contributed by atoms with Crippen LogP contribution in [0.2, 0.25) is 0 Å². The number of aryl methyl sites for hydroxylation is 1. The van der Waals surface area contributed by atoms with E-state index in [1.807, 2.05) is 6.07 Å². The van der Waals surface area contributed by atoms with Gasteiger partial charge < -0.3 is 9.15 Å². The highest BCUT2D eigenvalue weighted by atomic mass is 19.1. The van der Waals surface area contributed by atoms with E-state index in [2.05, 4.69) is 4.98 Å². The molecule has 0 aliphatic carbocycles. The Kier molecular flexibility index (Phi) is 3.17. The van der Waals surface area contributed by atoms with Gasteiger partial charge in [0.05, 0.1) is 13.3 Å². The zero-order chi connectivity index (χ0) is 15.0. The van der Waals surface area contributed by atoms with Crippen LogP contribution in [0.15, 0.2) is 41.1 Å². The number of pyridine rings is 1. The number of fused-ring (bicyclic) bond motifs is 1. The molecule has 5 heteroatoms. The van der Waals surface area contributed by atoms with E-state index >= 15 is 0 Å². The average Bonchev–Trinajstić information content (AvgIpc) is 2.83. The van der Waals surface area contributed by atoms with Gasteiger partial charge in [0, 0.05) is 28.8 Å². The molecule has 0 saturated carbocycles. The van der Waals surface area contributed by atoms with Gasteiger partial charge in [-0.25, -0.2) is 4.39 Å². The number of carbonyl (C=O) groups is 1. The third-order valence-corrected chi connectivity index (χ3v) is 3.32. The van der Waals surface area contributed by atoms with Gasteiger partial charge in [0.1, 0.15) is 17.1 Å². The van der Waals surface area contributed by atoms with E-state index in [1.54, 1.807) is 26.2 Å². The van der Waals surface area contributed by atoms with E-state index in [9.17, 15) is 9.18 Å². The molecule has 0 radical (unpaired) electrons. The van der Waals surface area contributed by atoms with Gasteiger partial charge in [-0.05, 0) is 25.1 Å². The molecule has 0 bridgehead atoms. The van der Waals surface area contributed by atoms with E-state index in [4.69, 9.17) is 9.15 Å². The molecule has 0 atom stereocenters. The van der Waals surface area contributed by atoms with Crippen LogP contribution in [0.4, 0.5) is 4.39 Å². The Morgan fingerprint density at radius 1 is 1.29 bits per heavy atom. The maximum Gasteiger partial charge on any atom is 0.230 e. The number of nitrogens with zero attached hydrogens (tertiary/aromatic N) is 1. The lowest BCUT2D eigenvalue weighted by Gasteiger charge is -1.98. The number of benzene rings is 1. The molecule has 106 valence electrons. The zero-order valence-corrected chi connectivity index (χ0v) is 11.5. The largest absolute Gasteiger partial charge is 0.497 e. The van der Waals surface area contributed by atoms with E-state index < -0.39 is 11.6 Å². The monoisotopic (exact) mass is 285 g/mol. The van der Waals surface area contributed by atoms with Crippen molar-refractivity contribution in [1.29, 1.82) is 0 Å². The number of methoxy groups -OCH3 is 1. The fourth-order valence-corrected chi connectivity index (χ4v) is 2.22. The van der Waals surface area contributed by atoms with Crippen molar-refractivity contribution in [3.8, 4) is 5.75 Å². The van der Waals surface area contributed by atoms with Gasteiger partial charge in [-0.3, -0.25) is 9.78 Å². The Labute approximate surface area is 120 Å². The van der Waals surface area contributed by atoms with Crippen molar-refractivity contribution in [2.45, 2.75) is 6.92 Å². The zero-order valence-electron chi connectivity index (χ0n) is 11.5. The fourth-order valence-electron chi connectivity index (χ4n) is 2.22. The summed E-state index contributed by atoms with van der Waals surface area (Å²) in [7, 11) is 1.56. The van der Waals surface area contributed by atoms with Crippen molar-refractivity contribution in [2.75, 3.05) is 7.11 Å². The molecule has 3 aromatic rings. The smallest absolute Gasteiger partial charge is 0.230 e. The van der Waals surface area contributed by atoms with Crippen LogP contribution in [-0.4, -0.2) is 17.9 Å². The van der Waals surface area contributed by atoms with Crippen molar-refractivity contribution in [1.82, 2.24) is 4.98 Å². The molecule has 21 heavy (non-hydrogen) atoms. The van der Waals surface area contributed by atoms with Crippen LogP contribution >= 0.6 is 0 Å². The summed E-state index contributed by atoms with van der Waals surface area (Å²) in [5.41, 5.74) is 1.42. The highest BCUT2D eigenvalue weighted by molar-refractivity contribution is 6.10. The van der Waals surface area contributed by atoms with Crippen molar-refractivity contribution < 1.29 is 18.3 Å². The number of hydrogen-bond donors (Lipinski definition) is 0.